The number of anilines is 1. The van der Waals surface area contributed by atoms with Crippen molar-refractivity contribution in [1.82, 2.24) is 19.7 Å². The van der Waals surface area contributed by atoms with Crippen LogP contribution >= 0.6 is 11.8 Å². The number of carbonyl (C=O) groups excluding carboxylic acids is 1. The van der Waals surface area contributed by atoms with Crippen LogP contribution in [-0.2, 0) is 16.6 Å². The van der Waals surface area contributed by atoms with Crippen molar-refractivity contribution in [2.75, 3.05) is 11.1 Å². The first-order valence-corrected chi connectivity index (χ1v) is 16.9. The molecule has 0 aliphatic rings. The summed E-state index contributed by atoms with van der Waals surface area (Å²) in [7, 11) is -4.61. The maximum atomic E-state index is 13.3. The monoisotopic (exact) mass is 720 g/mol. The number of hydrogen-bond acceptors (Lipinski definition) is 11. The fourth-order valence-corrected chi connectivity index (χ4v) is 6.65. The lowest BCUT2D eigenvalue weighted by Crippen LogP contribution is -2.31. The van der Waals surface area contributed by atoms with Crippen LogP contribution in [0.5, 0.6) is 0 Å². The van der Waals surface area contributed by atoms with Gasteiger partial charge in [0.1, 0.15) is 11.5 Å². The Hall–Kier alpha value is -6.14. The number of amides is 1. The van der Waals surface area contributed by atoms with Gasteiger partial charge in [-0.15, -0.1) is 16.9 Å². The third-order valence-electron chi connectivity index (χ3n) is 7.12. The van der Waals surface area contributed by atoms with Crippen molar-refractivity contribution in [2.24, 2.45) is 0 Å². The summed E-state index contributed by atoms with van der Waals surface area (Å²) in [5, 5.41) is 41.2. The number of thioether (sulfide) groups is 1. The second kappa shape index (κ2) is 15.0. The van der Waals surface area contributed by atoms with E-state index in [1.165, 1.54) is 36.0 Å². The molecule has 256 valence electrons. The summed E-state index contributed by atoms with van der Waals surface area (Å²) in [4.78, 5) is 47.8. The number of nitro benzene ring substituents is 1. The molecule has 5 aromatic rings. The minimum atomic E-state index is -4.61. The molecule has 18 heteroatoms. The number of nitrogens with one attached hydrogen (secondary N) is 2. The van der Waals surface area contributed by atoms with Crippen LogP contribution in [0, 0.1) is 15.9 Å². The highest BCUT2D eigenvalue weighted by molar-refractivity contribution is 7.99. The molecule has 1 aromatic heterocycles. The second-order valence-corrected chi connectivity index (χ2v) is 13.3. The average molecular weight is 721 g/mol. The van der Waals surface area contributed by atoms with E-state index in [1.54, 1.807) is 54.6 Å². The molecule has 0 radical (unpaired) electrons. The van der Waals surface area contributed by atoms with Gasteiger partial charge in [0.15, 0.2) is 5.69 Å². The second-order valence-electron chi connectivity index (χ2n) is 10.5. The Morgan fingerprint density at radius 3 is 2.16 bits per heavy atom. The Kier molecular flexibility index (Phi) is 10.5. The normalized spacial score (nSPS) is 11.8. The van der Waals surface area contributed by atoms with Gasteiger partial charge in [-0.2, -0.15) is 0 Å². The van der Waals surface area contributed by atoms with Gasteiger partial charge in [-0.3, -0.25) is 14.9 Å². The van der Waals surface area contributed by atoms with E-state index >= 15 is 0 Å². The fraction of sp³-hybridized carbons (Fsp3) is 0.0938. The highest BCUT2D eigenvalue weighted by Crippen LogP contribution is 2.30. The molecule has 0 aliphatic heterocycles. The first kappa shape index (κ1) is 35.2. The predicted molar refractivity (Wildman–Crippen MR) is 178 cm³/mol. The molecule has 5 rings (SSSR count). The minimum Gasteiger partial charge on any atom is -0.476 e. The van der Waals surface area contributed by atoms with Crippen LogP contribution in [0.1, 0.15) is 31.3 Å². The van der Waals surface area contributed by atoms with Crippen molar-refractivity contribution < 1.29 is 42.3 Å². The van der Waals surface area contributed by atoms with Gasteiger partial charge in [-0.05, 0) is 59.7 Å². The number of sulfonamides is 1. The van der Waals surface area contributed by atoms with E-state index < -0.39 is 66.6 Å². The number of rotatable bonds is 14. The molecule has 0 aliphatic carbocycles. The number of carbonyl (C=O) groups is 3. The van der Waals surface area contributed by atoms with Gasteiger partial charge in [-0.25, -0.2) is 31.8 Å². The summed E-state index contributed by atoms with van der Waals surface area (Å²) in [6.45, 7) is -0.297. The Balaban J connectivity index is 1.38. The standard InChI is InChI=1S/C32H25FN6O9S2/c33-22-12-10-20(11-13-22)19-6-8-21(9-7-19)30(40)36-50(47,48)25-14-15-26(27(16-25)39(45)46)34-23(18-49-24-4-2-1-3-5-24)17-38-29(32(43)44)28(31(41)42)35-37-38/h1-16,23,34H,17-18H2,(H,36,40)(H,41,42)(H,43,44). The zero-order chi connectivity index (χ0) is 36.0. The van der Waals surface area contributed by atoms with E-state index in [1.807, 2.05) is 4.72 Å². The van der Waals surface area contributed by atoms with Gasteiger partial charge in [0, 0.05) is 22.3 Å². The number of hydrogen-bond donors (Lipinski definition) is 4. The van der Waals surface area contributed by atoms with Crippen LogP contribution < -0.4 is 10.0 Å². The molecule has 50 heavy (non-hydrogen) atoms. The molecule has 15 nitrogen and oxygen atoms in total. The van der Waals surface area contributed by atoms with Crippen molar-refractivity contribution >= 4 is 51.0 Å². The quantitative estimate of drug-likeness (QED) is 0.0689. The molecule has 0 spiro atoms. The highest BCUT2D eigenvalue weighted by Gasteiger charge is 2.28. The first-order valence-electron chi connectivity index (χ1n) is 14.4. The SMILES string of the molecule is O=C(NS(=O)(=O)c1ccc(NC(CSc2ccccc2)Cn2nnc(C(=O)O)c2C(=O)O)c([N+](=O)[O-])c1)c1ccc(-c2ccc(F)cc2)cc1. The van der Waals surface area contributed by atoms with E-state index in [0.717, 1.165) is 27.8 Å². The molecule has 0 saturated carbocycles. The summed E-state index contributed by atoms with van der Waals surface area (Å²) >= 11 is 1.30. The summed E-state index contributed by atoms with van der Waals surface area (Å²) in [6, 6.07) is 22.6. The summed E-state index contributed by atoms with van der Waals surface area (Å²) in [6.07, 6.45) is 0. The lowest BCUT2D eigenvalue weighted by atomic mass is 10.0. The topological polar surface area (TPSA) is 224 Å². The summed E-state index contributed by atoms with van der Waals surface area (Å²) in [5.41, 5.74) is -1.03. The Labute approximate surface area is 287 Å². The Bertz CT molecular complexity index is 2180. The molecule has 0 saturated heterocycles. The first-order chi connectivity index (χ1) is 23.8. The molecule has 1 heterocycles. The number of benzene rings is 4. The lowest BCUT2D eigenvalue weighted by Gasteiger charge is -2.20. The molecule has 4 aromatic carbocycles. The number of aromatic carboxylic acids is 2. The van der Waals surface area contributed by atoms with Crippen LogP contribution in [0.25, 0.3) is 11.1 Å². The summed E-state index contributed by atoms with van der Waals surface area (Å²) in [5.74, 6) is -4.47. The van der Waals surface area contributed by atoms with Crippen LogP contribution in [0.2, 0.25) is 0 Å². The number of nitrogens with zero attached hydrogens (tertiary/aromatic N) is 4. The Morgan fingerprint density at radius 2 is 1.56 bits per heavy atom. The zero-order valence-electron chi connectivity index (χ0n) is 25.5. The van der Waals surface area contributed by atoms with Gasteiger partial charge >= 0.3 is 11.9 Å². The van der Waals surface area contributed by atoms with Crippen molar-refractivity contribution in [3.05, 3.63) is 130 Å². The largest absolute Gasteiger partial charge is 0.476 e. The van der Waals surface area contributed by atoms with Gasteiger partial charge in [0.25, 0.3) is 21.6 Å². The number of halogens is 1. The maximum absolute atomic E-state index is 13.3. The molecular formula is C32H25FN6O9S2. The van der Waals surface area contributed by atoms with Crippen LogP contribution in [0.4, 0.5) is 15.8 Å². The van der Waals surface area contributed by atoms with E-state index in [-0.39, 0.29) is 23.5 Å². The van der Waals surface area contributed by atoms with Crippen LogP contribution in [0.15, 0.2) is 107 Å². The molecule has 1 amide bonds. The smallest absolute Gasteiger partial charge is 0.359 e. The molecular weight excluding hydrogens is 696 g/mol. The van der Waals surface area contributed by atoms with Crippen LogP contribution in [0.3, 0.4) is 0 Å². The van der Waals surface area contributed by atoms with Gasteiger partial charge < -0.3 is 15.5 Å². The fourth-order valence-electron chi connectivity index (χ4n) is 4.73. The third-order valence-corrected chi connectivity index (χ3v) is 9.62. The number of nitro groups is 1. The molecule has 1 unspecified atom stereocenters. The number of carboxylic acid groups (broad SMARTS) is 2. The third kappa shape index (κ3) is 8.28. The maximum Gasteiger partial charge on any atom is 0.359 e. The zero-order valence-corrected chi connectivity index (χ0v) is 27.1. The minimum absolute atomic E-state index is 0.0223. The van der Waals surface area contributed by atoms with Crippen LogP contribution in [-0.4, -0.2) is 68.2 Å². The molecule has 0 fully saturated rings. The van der Waals surface area contributed by atoms with E-state index in [4.69, 9.17) is 0 Å². The number of aromatic nitrogens is 3. The van der Waals surface area contributed by atoms with Crippen molar-refractivity contribution in [1.29, 1.82) is 0 Å². The van der Waals surface area contributed by atoms with E-state index in [0.29, 0.717) is 11.1 Å². The van der Waals surface area contributed by atoms with E-state index in [9.17, 15) is 47.5 Å². The van der Waals surface area contributed by atoms with Crippen molar-refractivity contribution in [3.8, 4) is 11.1 Å². The average Bonchev–Trinajstić information content (AvgIpc) is 3.52. The summed E-state index contributed by atoms with van der Waals surface area (Å²) < 4.78 is 42.3. The lowest BCUT2D eigenvalue weighted by molar-refractivity contribution is -0.384. The highest BCUT2D eigenvalue weighted by atomic mass is 32.2. The Morgan fingerprint density at radius 1 is 0.920 bits per heavy atom. The van der Waals surface area contributed by atoms with Gasteiger partial charge in [-0.1, -0.05) is 47.7 Å². The molecule has 0 bridgehead atoms. The molecule has 4 N–H and O–H groups in total. The van der Waals surface area contributed by atoms with E-state index in [2.05, 4.69) is 15.6 Å². The van der Waals surface area contributed by atoms with Crippen molar-refractivity contribution in [3.63, 3.8) is 0 Å². The van der Waals surface area contributed by atoms with Gasteiger partial charge in [0.05, 0.1) is 22.4 Å². The number of carboxylic acids is 2. The predicted octanol–water partition coefficient (Wildman–Crippen LogP) is 4.78. The van der Waals surface area contributed by atoms with Crippen molar-refractivity contribution in [2.45, 2.75) is 22.4 Å². The molecule has 1 atom stereocenters. The van der Waals surface area contributed by atoms with Gasteiger partial charge in [0.2, 0.25) is 5.69 Å².